The lowest BCUT2D eigenvalue weighted by atomic mass is 10.1. The fourth-order valence-corrected chi connectivity index (χ4v) is 3.58. The monoisotopic (exact) mass is 339 g/mol. The number of aliphatic imine (C=N–C) groups is 1. The first-order chi connectivity index (χ1) is 9.66. The van der Waals surface area contributed by atoms with E-state index in [1.54, 1.807) is 6.21 Å². The second-order valence-electron chi connectivity index (χ2n) is 4.12. The average molecular weight is 341 g/mol. The lowest BCUT2D eigenvalue weighted by Crippen LogP contribution is -1.77. The zero-order chi connectivity index (χ0) is 14.1. The van der Waals surface area contributed by atoms with E-state index >= 15 is 0 Å². The molecule has 0 fully saturated rings. The zero-order valence-corrected chi connectivity index (χ0v) is 13.2. The minimum absolute atomic E-state index is 0.387. The molecule has 0 unspecified atom stereocenters. The largest absolute Gasteiger partial charge is 0.255 e. The summed E-state index contributed by atoms with van der Waals surface area (Å²) in [6.07, 6.45) is 1.70. The van der Waals surface area contributed by atoms with E-state index in [1.165, 1.54) is 11.3 Å². The molecular weight excluding hydrogens is 333 g/mol. The van der Waals surface area contributed by atoms with Crippen molar-refractivity contribution < 1.29 is 0 Å². The summed E-state index contributed by atoms with van der Waals surface area (Å²) in [4.78, 5) is 5.26. The second kappa shape index (κ2) is 5.74. The van der Waals surface area contributed by atoms with Crippen molar-refractivity contribution in [3.05, 3.63) is 61.7 Å². The van der Waals surface area contributed by atoms with Crippen LogP contribution in [-0.4, -0.2) is 6.21 Å². The van der Waals surface area contributed by atoms with Crippen LogP contribution in [0.3, 0.4) is 0 Å². The van der Waals surface area contributed by atoms with Crippen molar-refractivity contribution in [2.45, 2.75) is 0 Å². The Morgan fingerprint density at radius 2 is 1.65 bits per heavy atom. The summed E-state index contributed by atoms with van der Waals surface area (Å²) in [6.45, 7) is 0. The van der Waals surface area contributed by atoms with Crippen LogP contribution >= 0.6 is 46.1 Å². The van der Waals surface area contributed by atoms with Crippen molar-refractivity contribution in [1.82, 2.24) is 0 Å². The zero-order valence-electron chi connectivity index (χ0n) is 10.1. The number of nitrogens with zero attached hydrogens (tertiary/aromatic N) is 1. The van der Waals surface area contributed by atoms with Crippen LogP contribution in [-0.2, 0) is 0 Å². The third-order valence-electron chi connectivity index (χ3n) is 2.87. The van der Waals surface area contributed by atoms with E-state index in [4.69, 9.17) is 34.8 Å². The standard InChI is InChI=1S/C15H8Cl3NS/c16-13-12(20-15(18)14(13)17)8-19-11-7-3-5-9-4-1-2-6-10(9)11/h1-8H. The van der Waals surface area contributed by atoms with Gasteiger partial charge in [-0.3, -0.25) is 4.99 Å². The molecule has 2 aromatic carbocycles. The molecule has 3 rings (SSSR count). The lowest BCUT2D eigenvalue weighted by molar-refractivity contribution is 1.58. The first kappa shape index (κ1) is 13.9. The van der Waals surface area contributed by atoms with Crippen molar-refractivity contribution in [2.75, 3.05) is 0 Å². The third kappa shape index (κ3) is 2.57. The van der Waals surface area contributed by atoms with Crippen LogP contribution < -0.4 is 0 Å². The Morgan fingerprint density at radius 3 is 2.40 bits per heavy atom. The fourth-order valence-electron chi connectivity index (χ4n) is 1.91. The quantitative estimate of drug-likeness (QED) is 0.465. The molecule has 0 aliphatic heterocycles. The van der Waals surface area contributed by atoms with Crippen LogP contribution in [0.25, 0.3) is 10.8 Å². The van der Waals surface area contributed by atoms with E-state index < -0.39 is 0 Å². The van der Waals surface area contributed by atoms with Gasteiger partial charge >= 0.3 is 0 Å². The van der Waals surface area contributed by atoms with Crippen LogP contribution in [0, 0.1) is 0 Å². The Kier molecular flexibility index (Phi) is 3.99. The molecule has 3 aromatic rings. The number of hydrogen-bond acceptors (Lipinski definition) is 2. The molecule has 0 saturated heterocycles. The van der Waals surface area contributed by atoms with Gasteiger partial charge in [-0.25, -0.2) is 0 Å². The molecule has 20 heavy (non-hydrogen) atoms. The summed E-state index contributed by atoms with van der Waals surface area (Å²) in [5.41, 5.74) is 0.889. The smallest absolute Gasteiger partial charge is 0.114 e. The Bertz CT molecular complexity index is 803. The molecule has 0 saturated carbocycles. The number of fused-ring (bicyclic) bond motifs is 1. The second-order valence-corrected chi connectivity index (χ2v) is 6.53. The maximum Gasteiger partial charge on any atom is 0.114 e. The number of hydrogen-bond donors (Lipinski definition) is 0. The van der Waals surface area contributed by atoms with Crippen molar-refractivity contribution in [1.29, 1.82) is 0 Å². The third-order valence-corrected chi connectivity index (χ3v) is 5.39. The highest BCUT2D eigenvalue weighted by molar-refractivity contribution is 7.19. The topological polar surface area (TPSA) is 12.4 Å². The van der Waals surface area contributed by atoms with Gasteiger partial charge in [0.05, 0.1) is 20.6 Å². The summed E-state index contributed by atoms with van der Waals surface area (Å²) < 4.78 is 0.482. The molecule has 0 aliphatic carbocycles. The average Bonchev–Trinajstić information content (AvgIpc) is 2.72. The van der Waals surface area contributed by atoms with E-state index in [0.717, 1.165) is 21.3 Å². The minimum Gasteiger partial charge on any atom is -0.255 e. The van der Waals surface area contributed by atoms with Crippen LogP contribution in [0.4, 0.5) is 5.69 Å². The normalized spacial score (nSPS) is 11.6. The van der Waals surface area contributed by atoms with Crippen molar-refractivity contribution >= 4 is 68.8 Å². The number of thiophene rings is 1. The summed E-state index contributed by atoms with van der Waals surface area (Å²) in [6, 6.07) is 14.1. The van der Waals surface area contributed by atoms with E-state index in [1.807, 2.05) is 30.3 Å². The molecule has 100 valence electrons. The van der Waals surface area contributed by atoms with Gasteiger partial charge in [-0.15, -0.1) is 11.3 Å². The highest BCUT2D eigenvalue weighted by Crippen LogP contribution is 2.39. The van der Waals surface area contributed by atoms with Crippen molar-refractivity contribution in [3.63, 3.8) is 0 Å². The highest BCUT2D eigenvalue weighted by atomic mass is 35.5. The van der Waals surface area contributed by atoms with Gasteiger partial charge in [-0.05, 0) is 11.5 Å². The molecule has 0 spiro atoms. The van der Waals surface area contributed by atoms with Gasteiger partial charge < -0.3 is 0 Å². The molecule has 0 bridgehead atoms. The van der Waals surface area contributed by atoms with Crippen LogP contribution in [0.15, 0.2) is 47.5 Å². The predicted molar refractivity (Wildman–Crippen MR) is 90.6 cm³/mol. The molecule has 0 atom stereocenters. The molecule has 0 radical (unpaired) electrons. The summed E-state index contributed by atoms with van der Waals surface area (Å²) in [7, 11) is 0. The van der Waals surface area contributed by atoms with E-state index in [0.29, 0.717) is 14.4 Å². The molecule has 1 nitrogen and oxygen atoms in total. The minimum atomic E-state index is 0.387. The van der Waals surface area contributed by atoms with Crippen LogP contribution in [0.5, 0.6) is 0 Å². The van der Waals surface area contributed by atoms with Gasteiger partial charge in [0.15, 0.2) is 0 Å². The van der Waals surface area contributed by atoms with Gasteiger partial charge in [-0.2, -0.15) is 0 Å². The maximum atomic E-state index is 6.10. The lowest BCUT2D eigenvalue weighted by Gasteiger charge is -2.00. The van der Waals surface area contributed by atoms with Gasteiger partial charge in [0.25, 0.3) is 0 Å². The Labute approximate surface area is 135 Å². The van der Waals surface area contributed by atoms with Crippen LogP contribution in [0.2, 0.25) is 14.4 Å². The molecule has 1 heterocycles. The Morgan fingerprint density at radius 1 is 0.900 bits per heavy atom. The first-order valence-electron chi connectivity index (χ1n) is 5.82. The summed E-state index contributed by atoms with van der Waals surface area (Å²) in [5, 5.41) is 3.08. The van der Waals surface area contributed by atoms with Gasteiger partial charge in [0.1, 0.15) is 4.34 Å². The highest BCUT2D eigenvalue weighted by Gasteiger charge is 2.11. The molecule has 1 aromatic heterocycles. The summed E-state index contributed by atoms with van der Waals surface area (Å²) >= 11 is 19.3. The fraction of sp³-hybridized carbons (Fsp3) is 0. The van der Waals surface area contributed by atoms with Crippen molar-refractivity contribution in [3.8, 4) is 0 Å². The predicted octanol–water partition coefficient (Wildman–Crippen LogP) is 6.61. The SMILES string of the molecule is Clc1sc(C=Nc2cccc3ccccc23)c(Cl)c1Cl. The van der Waals surface area contributed by atoms with Gasteiger partial charge in [0.2, 0.25) is 0 Å². The van der Waals surface area contributed by atoms with Gasteiger partial charge in [0, 0.05) is 11.6 Å². The number of halogens is 3. The molecular formula is C15H8Cl3NS. The first-order valence-corrected chi connectivity index (χ1v) is 7.77. The number of benzene rings is 2. The van der Waals surface area contributed by atoms with E-state index in [9.17, 15) is 0 Å². The number of rotatable bonds is 2. The Balaban J connectivity index is 2.05. The van der Waals surface area contributed by atoms with Crippen LogP contribution in [0.1, 0.15) is 4.88 Å². The maximum absolute atomic E-state index is 6.10. The molecule has 0 amide bonds. The van der Waals surface area contributed by atoms with Crippen molar-refractivity contribution in [2.24, 2.45) is 4.99 Å². The van der Waals surface area contributed by atoms with Gasteiger partial charge in [-0.1, -0.05) is 71.2 Å². The van der Waals surface area contributed by atoms with E-state index in [-0.39, 0.29) is 0 Å². The summed E-state index contributed by atoms with van der Waals surface area (Å²) in [5.74, 6) is 0. The molecule has 0 aliphatic rings. The molecule has 5 heteroatoms. The molecule has 0 N–H and O–H groups in total. The van der Waals surface area contributed by atoms with E-state index in [2.05, 4.69) is 17.1 Å². The Hall–Kier alpha value is -1.06.